The summed E-state index contributed by atoms with van der Waals surface area (Å²) in [7, 11) is -4.01. The van der Waals surface area contributed by atoms with Crippen LogP contribution in [-0.4, -0.2) is 66.8 Å². The number of rotatable bonds is 9. The van der Waals surface area contributed by atoms with Crippen molar-refractivity contribution in [3.05, 3.63) is 95.8 Å². The molecular weight excluding hydrogens is 607 g/mol. The molecule has 0 bridgehead atoms. The lowest BCUT2D eigenvalue weighted by atomic mass is 9.87. The highest BCUT2D eigenvalue weighted by atomic mass is 32.2. The molecule has 1 unspecified atom stereocenters. The van der Waals surface area contributed by atoms with Crippen LogP contribution in [0.25, 0.3) is 0 Å². The number of sulfonamides is 1. The molecule has 0 aromatic heterocycles. The molecule has 45 heavy (non-hydrogen) atoms. The lowest BCUT2D eigenvalue weighted by Crippen LogP contribution is -2.64. The first-order chi connectivity index (χ1) is 21.2. The van der Waals surface area contributed by atoms with E-state index in [0.717, 1.165) is 10.5 Å². The van der Waals surface area contributed by atoms with Crippen molar-refractivity contribution in [2.45, 2.75) is 62.7 Å². The van der Waals surface area contributed by atoms with Crippen LogP contribution in [-0.2, 0) is 45.8 Å². The molecule has 13 heteroatoms. The monoisotopic (exact) mass is 640 g/mol. The van der Waals surface area contributed by atoms with Crippen molar-refractivity contribution in [3.8, 4) is 5.75 Å². The van der Waals surface area contributed by atoms with Gasteiger partial charge in [-0.2, -0.15) is 4.31 Å². The van der Waals surface area contributed by atoms with Gasteiger partial charge in [0.2, 0.25) is 16.3 Å². The fourth-order valence-electron chi connectivity index (χ4n) is 5.50. The summed E-state index contributed by atoms with van der Waals surface area (Å²) in [6.45, 7) is 5.57. The predicted molar refractivity (Wildman–Crippen MR) is 158 cm³/mol. The Balaban J connectivity index is 1.35. The zero-order valence-corrected chi connectivity index (χ0v) is 26.0. The first-order valence-electron chi connectivity index (χ1n) is 14.2. The first kappa shape index (κ1) is 31.9. The maximum Gasteiger partial charge on any atom is 0.416 e. The van der Waals surface area contributed by atoms with Gasteiger partial charge < -0.3 is 18.9 Å². The summed E-state index contributed by atoms with van der Waals surface area (Å²) in [6.07, 6.45) is -2.21. The molecule has 2 heterocycles. The van der Waals surface area contributed by atoms with Gasteiger partial charge >= 0.3 is 18.0 Å². The number of esters is 2. The van der Waals surface area contributed by atoms with Crippen LogP contribution in [0.3, 0.4) is 0 Å². The third-order valence-corrected chi connectivity index (χ3v) is 9.35. The predicted octanol–water partition coefficient (Wildman–Crippen LogP) is 4.36. The highest BCUT2D eigenvalue weighted by Gasteiger charge is 2.53. The molecule has 2 aliphatic rings. The molecule has 0 radical (unpaired) electrons. The molecule has 2 saturated heterocycles. The van der Waals surface area contributed by atoms with Gasteiger partial charge in [0, 0.05) is 20.3 Å². The molecule has 0 spiro atoms. The molecule has 2 atom stereocenters. The molecular formula is C32H33FN2O9S. The Morgan fingerprint density at radius 1 is 1.00 bits per heavy atom. The third kappa shape index (κ3) is 6.64. The van der Waals surface area contributed by atoms with E-state index >= 15 is 0 Å². The highest BCUT2D eigenvalue weighted by Crippen LogP contribution is 2.40. The number of nitrogens with zero attached hydrogens (tertiary/aromatic N) is 2. The normalized spacial score (nSPS) is 19.6. The molecule has 0 N–H and O–H groups in total. The summed E-state index contributed by atoms with van der Waals surface area (Å²) in [5.74, 6) is -1.36. The van der Waals surface area contributed by atoms with Crippen molar-refractivity contribution in [2.75, 3.05) is 13.1 Å². The fourth-order valence-corrected chi connectivity index (χ4v) is 7.10. The van der Waals surface area contributed by atoms with Crippen molar-refractivity contribution < 1.29 is 46.1 Å². The fraction of sp³-hybridized carbons (Fsp3) is 0.344. The van der Waals surface area contributed by atoms with Gasteiger partial charge in [-0.1, -0.05) is 42.5 Å². The summed E-state index contributed by atoms with van der Waals surface area (Å²) in [5.41, 5.74) is -1.14. The largest absolute Gasteiger partial charge is 0.480 e. The molecule has 0 saturated carbocycles. The zero-order chi connectivity index (χ0) is 32.6. The van der Waals surface area contributed by atoms with Crippen molar-refractivity contribution in [3.63, 3.8) is 0 Å². The molecule has 1 amide bonds. The van der Waals surface area contributed by atoms with Gasteiger partial charge in [-0.25, -0.2) is 22.4 Å². The number of amides is 1. The molecule has 3 aromatic rings. The Morgan fingerprint density at radius 2 is 1.67 bits per heavy atom. The number of benzene rings is 3. The molecule has 3 aromatic carbocycles. The number of halogens is 1. The Hall–Kier alpha value is -4.49. The maximum absolute atomic E-state index is 13.8. The molecule has 5 rings (SSSR count). The number of carbonyl (C=O) groups is 3. The minimum atomic E-state index is -4.01. The van der Waals surface area contributed by atoms with E-state index in [4.69, 9.17) is 18.9 Å². The van der Waals surface area contributed by atoms with Crippen LogP contribution in [0.2, 0.25) is 0 Å². The van der Waals surface area contributed by atoms with Gasteiger partial charge in [0.05, 0.1) is 18.0 Å². The molecule has 0 aliphatic carbocycles. The van der Waals surface area contributed by atoms with E-state index in [2.05, 4.69) is 0 Å². The van der Waals surface area contributed by atoms with Crippen LogP contribution in [0.4, 0.5) is 9.18 Å². The van der Waals surface area contributed by atoms with Crippen LogP contribution < -0.4 is 4.74 Å². The van der Waals surface area contributed by atoms with Crippen molar-refractivity contribution in [2.24, 2.45) is 0 Å². The van der Waals surface area contributed by atoms with E-state index in [1.165, 1.54) is 68.4 Å². The van der Waals surface area contributed by atoms with Crippen molar-refractivity contribution in [1.29, 1.82) is 0 Å². The summed E-state index contributed by atoms with van der Waals surface area (Å²) in [4.78, 5) is 38.3. The lowest BCUT2D eigenvalue weighted by molar-refractivity contribution is -0.165. The van der Waals surface area contributed by atoms with Crippen LogP contribution in [0.15, 0.2) is 83.8 Å². The smallest absolute Gasteiger partial charge is 0.416 e. The Labute approximate surface area is 260 Å². The first-order valence-corrected chi connectivity index (χ1v) is 15.6. The standard InChI is InChI=1S/C32H33FN2O9S/c1-21(36)41-22(2)42-30(38)35-28(29(37)44-31(35,3)4)18-23-9-8-12-27(17-23)45(39,40)34-19-32(20-34,24-10-6-5-7-11-24)43-26-15-13-25(33)14-16-26/h5-17,22,28H,18-20H2,1-4H3/t22?,28-/m0/s1. The van der Waals surface area contributed by atoms with Crippen LogP contribution in [0, 0.1) is 5.82 Å². The van der Waals surface area contributed by atoms with E-state index in [-0.39, 0.29) is 24.4 Å². The van der Waals surface area contributed by atoms with E-state index in [1.807, 2.05) is 30.3 Å². The van der Waals surface area contributed by atoms with E-state index in [9.17, 15) is 27.2 Å². The Kier molecular flexibility index (Phi) is 8.60. The van der Waals surface area contributed by atoms with Gasteiger partial charge in [-0.15, -0.1) is 0 Å². The summed E-state index contributed by atoms with van der Waals surface area (Å²) < 4.78 is 64.1. The Morgan fingerprint density at radius 3 is 2.31 bits per heavy atom. The number of hydrogen-bond acceptors (Lipinski definition) is 9. The van der Waals surface area contributed by atoms with Gasteiger partial charge in [0.1, 0.15) is 17.6 Å². The Bertz CT molecular complexity index is 1690. The summed E-state index contributed by atoms with van der Waals surface area (Å²) >= 11 is 0. The van der Waals surface area contributed by atoms with E-state index in [1.54, 1.807) is 12.1 Å². The number of ether oxygens (including phenoxy) is 4. The minimum absolute atomic E-state index is 0.00419. The zero-order valence-electron chi connectivity index (χ0n) is 25.1. The maximum atomic E-state index is 13.8. The van der Waals surface area contributed by atoms with Gasteiger partial charge in [0.25, 0.3) is 0 Å². The summed E-state index contributed by atoms with van der Waals surface area (Å²) in [6, 6.07) is 19.7. The quantitative estimate of drug-likeness (QED) is 0.248. The second-order valence-electron chi connectivity index (χ2n) is 11.4. The number of carbonyl (C=O) groups excluding carboxylic acids is 3. The van der Waals surface area contributed by atoms with Gasteiger partial charge in [-0.3, -0.25) is 9.69 Å². The van der Waals surface area contributed by atoms with Crippen LogP contribution in [0.5, 0.6) is 5.75 Å². The minimum Gasteiger partial charge on any atom is -0.480 e. The molecule has 2 aliphatic heterocycles. The average molecular weight is 641 g/mol. The summed E-state index contributed by atoms with van der Waals surface area (Å²) in [5, 5.41) is 0. The molecule has 238 valence electrons. The highest BCUT2D eigenvalue weighted by molar-refractivity contribution is 7.89. The third-order valence-electron chi connectivity index (χ3n) is 7.57. The van der Waals surface area contributed by atoms with Crippen molar-refractivity contribution in [1.82, 2.24) is 9.21 Å². The lowest BCUT2D eigenvalue weighted by Gasteiger charge is -2.48. The van der Waals surface area contributed by atoms with Crippen LogP contribution in [0.1, 0.15) is 38.8 Å². The molecule has 2 fully saturated rings. The van der Waals surface area contributed by atoms with Crippen LogP contribution >= 0.6 is 0 Å². The van der Waals surface area contributed by atoms with E-state index < -0.39 is 57.5 Å². The van der Waals surface area contributed by atoms with Crippen molar-refractivity contribution >= 4 is 28.1 Å². The topological polar surface area (TPSA) is 129 Å². The number of cyclic esters (lactones) is 1. The second kappa shape index (κ2) is 12.1. The van der Waals surface area contributed by atoms with E-state index in [0.29, 0.717) is 11.3 Å². The second-order valence-corrected chi connectivity index (χ2v) is 13.3. The molecule has 11 nitrogen and oxygen atoms in total. The number of hydrogen-bond donors (Lipinski definition) is 0. The van der Waals surface area contributed by atoms with Gasteiger partial charge in [0.15, 0.2) is 11.3 Å². The SMILES string of the molecule is CC(=O)OC(C)OC(=O)N1[C@@H](Cc2cccc(S(=O)(=O)N3CC(Oc4ccc(F)cc4)(c4ccccc4)C3)c2)C(=O)OC1(C)C. The van der Waals surface area contributed by atoms with Gasteiger partial charge in [-0.05, 0) is 61.4 Å². The average Bonchev–Trinajstić information content (AvgIpc) is 3.18.